The van der Waals surface area contributed by atoms with Crippen molar-refractivity contribution >= 4 is 29.4 Å². The Morgan fingerprint density at radius 3 is 2.22 bits per heavy atom. The zero-order valence-electron chi connectivity index (χ0n) is 11.7. The van der Waals surface area contributed by atoms with E-state index in [2.05, 4.69) is 5.32 Å². The summed E-state index contributed by atoms with van der Waals surface area (Å²) in [6, 6.07) is 4.04. The molecule has 11 nitrogen and oxygen atoms in total. The van der Waals surface area contributed by atoms with Gasteiger partial charge in [0.2, 0.25) is 5.91 Å². The number of guanidine groups is 1. The summed E-state index contributed by atoms with van der Waals surface area (Å²) in [6.07, 6.45) is -0.351. The SMILES string of the molecule is N=C(N)NC(=O)CC(NC(=O)C(N)=O)c1ccc([N+](=O)[O-])cc1. The first-order valence-electron chi connectivity index (χ1n) is 6.19. The second kappa shape index (κ2) is 7.49. The number of carbonyl (C=O) groups is 3. The summed E-state index contributed by atoms with van der Waals surface area (Å²) in [7, 11) is 0. The summed E-state index contributed by atoms with van der Waals surface area (Å²) >= 11 is 0. The number of nitro benzene ring substituents is 1. The molecule has 0 saturated heterocycles. The third kappa shape index (κ3) is 5.41. The number of benzene rings is 1. The van der Waals surface area contributed by atoms with Crippen LogP contribution in [-0.4, -0.2) is 28.6 Å². The standard InChI is InChI=1S/C12H14N6O5/c13-10(20)11(21)16-8(5-9(19)17-12(14)15)6-1-3-7(4-2-6)18(22)23/h1-4,8H,5H2,(H2,13,20)(H,16,21)(H4,14,15,17,19). The number of primary amides is 1. The van der Waals surface area contributed by atoms with Crippen molar-refractivity contribution in [2.24, 2.45) is 11.5 Å². The minimum absolute atomic E-state index is 0.179. The molecule has 0 spiro atoms. The number of amides is 3. The number of rotatable bonds is 5. The number of nitrogens with zero attached hydrogens (tertiary/aromatic N) is 1. The Kier molecular flexibility index (Phi) is 5.72. The minimum atomic E-state index is -1.25. The van der Waals surface area contributed by atoms with E-state index < -0.39 is 34.6 Å². The smallest absolute Gasteiger partial charge is 0.309 e. The molecule has 1 unspecified atom stereocenters. The van der Waals surface area contributed by atoms with Gasteiger partial charge in [-0.1, -0.05) is 12.1 Å². The quantitative estimate of drug-likeness (QED) is 0.146. The predicted molar refractivity (Wildman–Crippen MR) is 77.8 cm³/mol. The van der Waals surface area contributed by atoms with Gasteiger partial charge in [-0.15, -0.1) is 0 Å². The molecule has 0 aromatic heterocycles. The van der Waals surface area contributed by atoms with E-state index in [9.17, 15) is 24.5 Å². The van der Waals surface area contributed by atoms with Crippen molar-refractivity contribution in [1.29, 1.82) is 5.41 Å². The van der Waals surface area contributed by atoms with Gasteiger partial charge >= 0.3 is 11.8 Å². The van der Waals surface area contributed by atoms with Gasteiger partial charge in [0.05, 0.1) is 17.4 Å². The van der Waals surface area contributed by atoms with E-state index >= 15 is 0 Å². The number of non-ortho nitro benzene ring substituents is 1. The lowest BCUT2D eigenvalue weighted by molar-refractivity contribution is -0.384. The van der Waals surface area contributed by atoms with Crippen LogP contribution in [0.2, 0.25) is 0 Å². The first-order valence-corrected chi connectivity index (χ1v) is 6.19. The molecular formula is C12H14N6O5. The van der Waals surface area contributed by atoms with Crippen LogP contribution in [0, 0.1) is 15.5 Å². The van der Waals surface area contributed by atoms with Crippen LogP contribution in [0.3, 0.4) is 0 Å². The zero-order valence-corrected chi connectivity index (χ0v) is 11.7. The molecule has 0 aliphatic heterocycles. The van der Waals surface area contributed by atoms with Gasteiger partial charge in [-0.25, -0.2) is 0 Å². The maximum atomic E-state index is 11.7. The van der Waals surface area contributed by atoms with Crippen LogP contribution in [0.4, 0.5) is 5.69 Å². The van der Waals surface area contributed by atoms with Crippen molar-refractivity contribution in [3.8, 4) is 0 Å². The molecule has 122 valence electrons. The van der Waals surface area contributed by atoms with E-state index in [1.165, 1.54) is 24.3 Å². The Bertz CT molecular complexity index is 656. The molecule has 7 N–H and O–H groups in total. The Morgan fingerprint density at radius 2 is 1.78 bits per heavy atom. The first-order chi connectivity index (χ1) is 10.7. The first kappa shape index (κ1) is 17.6. The Hall–Kier alpha value is -3.50. The fourth-order valence-electron chi connectivity index (χ4n) is 1.70. The molecule has 0 bridgehead atoms. The number of hydrogen-bond donors (Lipinski definition) is 5. The molecule has 0 radical (unpaired) electrons. The molecule has 0 aliphatic carbocycles. The zero-order chi connectivity index (χ0) is 17.6. The normalized spacial score (nSPS) is 11.1. The molecule has 3 amide bonds. The van der Waals surface area contributed by atoms with Crippen molar-refractivity contribution in [2.45, 2.75) is 12.5 Å². The lowest BCUT2D eigenvalue weighted by Gasteiger charge is -2.17. The molecule has 0 fully saturated rings. The van der Waals surface area contributed by atoms with Gasteiger partial charge in [0.15, 0.2) is 5.96 Å². The Balaban J connectivity index is 2.99. The van der Waals surface area contributed by atoms with Crippen LogP contribution in [0.5, 0.6) is 0 Å². The molecule has 23 heavy (non-hydrogen) atoms. The molecule has 1 rings (SSSR count). The summed E-state index contributed by atoms with van der Waals surface area (Å²) in [4.78, 5) is 43.9. The lowest BCUT2D eigenvalue weighted by Crippen LogP contribution is -2.42. The van der Waals surface area contributed by atoms with E-state index in [-0.39, 0.29) is 12.1 Å². The molecule has 1 atom stereocenters. The highest BCUT2D eigenvalue weighted by Crippen LogP contribution is 2.20. The Morgan fingerprint density at radius 1 is 1.22 bits per heavy atom. The summed E-state index contributed by atoms with van der Waals surface area (Å²) in [5.41, 5.74) is 10.0. The fraction of sp³-hybridized carbons (Fsp3) is 0.167. The third-order valence-electron chi connectivity index (χ3n) is 2.70. The van der Waals surface area contributed by atoms with E-state index in [1.807, 2.05) is 5.32 Å². The lowest BCUT2D eigenvalue weighted by atomic mass is 10.0. The summed E-state index contributed by atoms with van der Waals surface area (Å²) < 4.78 is 0. The summed E-state index contributed by atoms with van der Waals surface area (Å²) in [5.74, 6) is -3.64. The van der Waals surface area contributed by atoms with Crippen LogP contribution >= 0.6 is 0 Å². The van der Waals surface area contributed by atoms with E-state index in [0.717, 1.165) is 0 Å². The van der Waals surface area contributed by atoms with Crippen molar-refractivity contribution < 1.29 is 19.3 Å². The second-order valence-corrected chi connectivity index (χ2v) is 4.40. The van der Waals surface area contributed by atoms with Gasteiger partial charge in [-0.05, 0) is 5.56 Å². The maximum Gasteiger partial charge on any atom is 0.309 e. The van der Waals surface area contributed by atoms with Gasteiger partial charge in [0.1, 0.15) is 0 Å². The van der Waals surface area contributed by atoms with Crippen molar-refractivity contribution in [3.63, 3.8) is 0 Å². The summed E-state index contributed by atoms with van der Waals surface area (Å²) in [6.45, 7) is 0. The molecule has 1 aromatic carbocycles. The van der Waals surface area contributed by atoms with Gasteiger partial charge in [0.25, 0.3) is 5.69 Å². The molecular weight excluding hydrogens is 308 g/mol. The van der Waals surface area contributed by atoms with Crippen LogP contribution in [0.1, 0.15) is 18.0 Å². The maximum absolute atomic E-state index is 11.7. The monoisotopic (exact) mass is 322 g/mol. The van der Waals surface area contributed by atoms with E-state index in [0.29, 0.717) is 5.56 Å². The average molecular weight is 322 g/mol. The van der Waals surface area contributed by atoms with Crippen molar-refractivity contribution in [3.05, 3.63) is 39.9 Å². The molecule has 0 aliphatic rings. The number of carbonyl (C=O) groups excluding carboxylic acids is 3. The van der Waals surface area contributed by atoms with Gasteiger partial charge in [-0.3, -0.25) is 35.2 Å². The number of nitrogens with one attached hydrogen (secondary N) is 3. The Labute approximate surface area is 129 Å². The fourth-order valence-corrected chi connectivity index (χ4v) is 1.70. The minimum Gasteiger partial charge on any atom is -0.370 e. The van der Waals surface area contributed by atoms with Gasteiger partial charge < -0.3 is 16.8 Å². The second-order valence-electron chi connectivity index (χ2n) is 4.40. The highest BCUT2D eigenvalue weighted by molar-refractivity contribution is 6.34. The highest BCUT2D eigenvalue weighted by Gasteiger charge is 2.21. The molecule has 0 heterocycles. The van der Waals surface area contributed by atoms with E-state index in [4.69, 9.17) is 16.9 Å². The summed E-state index contributed by atoms with van der Waals surface area (Å²) in [5, 5.41) is 21.8. The number of hydrogen-bond acceptors (Lipinski definition) is 6. The number of nitro groups is 1. The molecule has 0 saturated carbocycles. The highest BCUT2D eigenvalue weighted by atomic mass is 16.6. The van der Waals surface area contributed by atoms with Crippen molar-refractivity contribution in [2.75, 3.05) is 0 Å². The van der Waals surface area contributed by atoms with Gasteiger partial charge in [-0.2, -0.15) is 0 Å². The van der Waals surface area contributed by atoms with Crippen molar-refractivity contribution in [1.82, 2.24) is 10.6 Å². The van der Waals surface area contributed by atoms with E-state index in [1.54, 1.807) is 0 Å². The van der Waals surface area contributed by atoms with Crippen LogP contribution in [0.15, 0.2) is 24.3 Å². The predicted octanol–water partition coefficient (Wildman–Crippen LogP) is -1.36. The molecule has 11 heteroatoms. The largest absolute Gasteiger partial charge is 0.370 e. The average Bonchev–Trinajstić information content (AvgIpc) is 2.45. The number of nitrogens with two attached hydrogens (primary N) is 2. The van der Waals surface area contributed by atoms with Gasteiger partial charge in [0, 0.05) is 12.1 Å². The van der Waals surface area contributed by atoms with Crippen LogP contribution < -0.4 is 22.1 Å². The van der Waals surface area contributed by atoms with Crippen LogP contribution in [0.25, 0.3) is 0 Å². The molecule has 1 aromatic rings. The van der Waals surface area contributed by atoms with Crippen LogP contribution in [-0.2, 0) is 14.4 Å². The topological polar surface area (TPSA) is 194 Å². The third-order valence-corrected chi connectivity index (χ3v) is 2.70.